The number of amides is 3. The first-order valence-electron chi connectivity index (χ1n) is 14.6. The topological polar surface area (TPSA) is 132 Å². The summed E-state index contributed by atoms with van der Waals surface area (Å²) in [6.07, 6.45) is 12.2. The summed E-state index contributed by atoms with van der Waals surface area (Å²) in [5, 5.41) is 5.54. The lowest BCUT2D eigenvalue weighted by Gasteiger charge is -2.31. The number of carbonyl (C=O) groups is 3. The lowest BCUT2D eigenvalue weighted by molar-refractivity contribution is -0.134. The third-order valence-electron chi connectivity index (χ3n) is 7.74. The highest BCUT2D eigenvalue weighted by Gasteiger charge is 2.31. The third-order valence-corrected chi connectivity index (χ3v) is 7.74. The number of likely N-dealkylation sites (tertiary alicyclic amines) is 1. The molecule has 0 bridgehead atoms. The molecule has 4 N–H and O–H groups in total. The maximum atomic E-state index is 13.6. The molecule has 1 aromatic heterocycles. The summed E-state index contributed by atoms with van der Waals surface area (Å²) in [6, 6.07) is 8.05. The monoisotopic (exact) mass is 552 g/mol. The number of rotatable bonds is 11. The number of carbonyl (C=O) groups excluding carboxylic acids is 3. The van der Waals surface area contributed by atoms with Crippen molar-refractivity contribution < 1.29 is 19.1 Å². The van der Waals surface area contributed by atoms with Crippen LogP contribution in [0.4, 0.5) is 5.82 Å². The molecule has 1 saturated heterocycles. The van der Waals surface area contributed by atoms with E-state index in [1.807, 2.05) is 35.2 Å². The van der Waals surface area contributed by atoms with E-state index in [9.17, 15) is 14.4 Å². The van der Waals surface area contributed by atoms with E-state index in [4.69, 9.17) is 10.5 Å². The highest BCUT2D eigenvalue weighted by atomic mass is 16.5. The van der Waals surface area contributed by atoms with E-state index < -0.39 is 29.4 Å². The maximum Gasteiger partial charge on any atom is 0.250 e. The summed E-state index contributed by atoms with van der Waals surface area (Å²) < 4.78 is 7.65. The molecular formula is C30H44N6O4. The molecule has 2 aliphatic rings. The van der Waals surface area contributed by atoms with Crippen molar-refractivity contribution in [3.63, 3.8) is 0 Å². The minimum Gasteiger partial charge on any atom is -0.378 e. The van der Waals surface area contributed by atoms with Gasteiger partial charge in [-0.1, -0.05) is 49.6 Å². The smallest absolute Gasteiger partial charge is 0.250 e. The quantitative estimate of drug-likeness (QED) is 0.392. The van der Waals surface area contributed by atoms with Crippen LogP contribution in [-0.2, 0) is 19.1 Å². The van der Waals surface area contributed by atoms with E-state index in [2.05, 4.69) is 15.6 Å². The lowest BCUT2D eigenvalue weighted by atomic mass is 9.90. The van der Waals surface area contributed by atoms with Crippen molar-refractivity contribution in [2.75, 3.05) is 31.6 Å². The van der Waals surface area contributed by atoms with Crippen molar-refractivity contribution in [2.24, 2.45) is 11.7 Å². The summed E-state index contributed by atoms with van der Waals surface area (Å²) >= 11 is 0. The van der Waals surface area contributed by atoms with Gasteiger partial charge in [0.25, 0.3) is 5.91 Å². The molecule has 0 spiro atoms. The second-order valence-electron chi connectivity index (χ2n) is 11.7. The van der Waals surface area contributed by atoms with Gasteiger partial charge in [0.2, 0.25) is 11.8 Å². The third kappa shape index (κ3) is 8.14. The van der Waals surface area contributed by atoms with Gasteiger partial charge in [0.05, 0.1) is 18.5 Å². The molecular weight excluding hydrogens is 508 g/mol. The Hall–Kier alpha value is -3.24. The number of benzene rings is 1. The van der Waals surface area contributed by atoms with Gasteiger partial charge in [-0.05, 0) is 57.4 Å². The van der Waals surface area contributed by atoms with Gasteiger partial charge in [-0.2, -0.15) is 0 Å². The number of hydrogen-bond acceptors (Lipinski definition) is 6. The van der Waals surface area contributed by atoms with E-state index in [0.29, 0.717) is 12.5 Å². The van der Waals surface area contributed by atoms with Gasteiger partial charge in [-0.3, -0.25) is 14.4 Å². The predicted octanol–water partition coefficient (Wildman–Crippen LogP) is 3.24. The summed E-state index contributed by atoms with van der Waals surface area (Å²) in [6.45, 7) is 5.23. The van der Waals surface area contributed by atoms with E-state index >= 15 is 0 Å². The highest BCUT2D eigenvalue weighted by Crippen LogP contribution is 2.25. The van der Waals surface area contributed by atoms with Crippen LogP contribution in [0, 0.1) is 5.92 Å². The van der Waals surface area contributed by atoms with E-state index in [0.717, 1.165) is 50.8 Å². The molecule has 40 heavy (non-hydrogen) atoms. The summed E-state index contributed by atoms with van der Waals surface area (Å²) in [5.74, 6) is -0.133. The van der Waals surface area contributed by atoms with Crippen LogP contribution in [-0.4, -0.2) is 70.1 Å². The second-order valence-corrected chi connectivity index (χ2v) is 11.7. The van der Waals surface area contributed by atoms with Crippen LogP contribution in [0.15, 0.2) is 42.9 Å². The minimum atomic E-state index is -1.15. The number of ether oxygens (including phenoxy) is 1. The summed E-state index contributed by atoms with van der Waals surface area (Å²) in [5.41, 5.74) is 5.67. The lowest BCUT2D eigenvalue weighted by Crippen LogP contribution is -2.56. The Balaban J connectivity index is 1.46. The first-order valence-corrected chi connectivity index (χ1v) is 14.6. The number of nitrogens with zero attached hydrogens (tertiary/aromatic N) is 3. The second kappa shape index (κ2) is 13.9. The number of hydrogen-bond donors (Lipinski definition) is 3. The molecule has 2 atom stereocenters. The molecule has 1 saturated carbocycles. The van der Waals surface area contributed by atoms with Crippen LogP contribution < -0.4 is 16.4 Å². The van der Waals surface area contributed by atoms with Crippen LogP contribution in [0.25, 0.3) is 0 Å². The van der Waals surface area contributed by atoms with Gasteiger partial charge in [0.15, 0.2) is 5.82 Å². The Morgan fingerprint density at radius 3 is 2.40 bits per heavy atom. The molecule has 1 aliphatic heterocycles. The standard InChI is InChI=1S/C30H44N6O4/c1-30(2,31)29(39)33-24(20-40-19-22-12-6-3-7-13-22)27(37)34-25-18-36(21-32-25)26(23-14-8-4-9-15-23)28(38)35-16-10-5-11-17-35/h4,8-9,14-15,18,21-22,24,26H,3,5-7,10-13,16-17,19-20,31H2,1-2H3,(H,33,39)(H,34,37). The normalized spacial score (nSPS) is 18.1. The number of anilines is 1. The summed E-state index contributed by atoms with van der Waals surface area (Å²) in [7, 11) is 0. The highest BCUT2D eigenvalue weighted by molar-refractivity contribution is 5.98. The fourth-order valence-corrected chi connectivity index (χ4v) is 5.35. The molecule has 2 heterocycles. The van der Waals surface area contributed by atoms with Crippen LogP contribution >= 0.6 is 0 Å². The van der Waals surface area contributed by atoms with Gasteiger partial charge in [0.1, 0.15) is 12.1 Å². The molecule has 2 unspecified atom stereocenters. The largest absolute Gasteiger partial charge is 0.378 e. The average molecular weight is 553 g/mol. The van der Waals surface area contributed by atoms with Crippen molar-refractivity contribution in [1.29, 1.82) is 0 Å². The summed E-state index contributed by atoms with van der Waals surface area (Å²) in [4.78, 5) is 45.9. The Bertz CT molecular complexity index is 1120. The molecule has 1 aromatic carbocycles. The van der Waals surface area contributed by atoms with Gasteiger partial charge in [-0.25, -0.2) is 4.98 Å². The molecule has 3 amide bonds. The van der Waals surface area contributed by atoms with Crippen molar-refractivity contribution in [3.8, 4) is 0 Å². The number of nitrogens with one attached hydrogen (secondary N) is 2. The van der Waals surface area contributed by atoms with Gasteiger partial charge >= 0.3 is 0 Å². The first kappa shape index (κ1) is 29.7. The Kier molecular flexibility index (Phi) is 10.3. The Morgan fingerprint density at radius 1 is 1.05 bits per heavy atom. The van der Waals surface area contributed by atoms with Gasteiger partial charge in [0, 0.05) is 25.9 Å². The Morgan fingerprint density at radius 2 is 1.73 bits per heavy atom. The van der Waals surface area contributed by atoms with Crippen molar-refractivity contribution in [2.45, 2.75) is 82.8 Å². The van der Waals surface area contributed by atoms with Gasteiger partial charge in [-0.15, -0.1) is 0 Å². The van der Waals surface area contributed by atoms with Crippen LogP contribution in [0.2, 0.25) is 0 Å². The zero-order chi connectivity index (χ0) is 28.5. The number of piperidine rings is 1. The van der Waals surface area contributed by atoms with E-state index in [1.165, 1.54) is 19.3 Å². The van der Waals surface area contributed by atoms with Crippen LogP contribution in [0.1, 0.15) is 76.8 Å². The fourth-order valence-electron chi connectivity index (χ4n) is 5.35. The fraction of sp³-hybridized carbons (Fsp3) is 0.600. The molecule has 0 radical (unpaired) electrons. The Labute approximate surface area is 237 Å². The number of nitrogens with two attached hydrogens (primary N) is 1. The molecule has 10 heteroatoms. The molecule has 10 nitrogen and oxygen atoms in total. The minimum absolute atomic E-state index is 0.00704. The van der Waals surface area contributed by atoms with E-state index in [-0.39, 0.29) is 18.3 Å². The van der Waals surface area contributed by atoms with Crippen LogP contribution in [0.3, 0.4) is 0 Å². The van der Waals surface area contributed by atoms with Crippen molar-refractivity contribution in [1.82, 2.24) is 19.8 Å². The first-order chi connectivity index (χ1) is 19.2. The van der Waals surface area contributed by atoms with Crippen molar-refractivity contribution >= 4 is 23.5 Å². The predicted molar refractivity (Wildman–Crippen MR) is 153 cm³/mol. The van der Waals surface area contributed by atoms with Gasteiger partial charge < -0.3 is 30.6 Å². The molecule has 4 rings (SSSR count). The molecule has 218 valence electrons. The zero-order valence-corrected chi connectivity index (χ0v) is 23.8. The molecule has 1 aliphatic carbocycles. The molecule has 2 fully saturated rings. The molecule has 2 aromatic rings. The number of aromatic nitrogens is 2. The zero-order valence-electron chi connectivity index (χ0n) is 23.8. The maximum absolute atomic E-state index is 13.6. The average Bonchev–Trinajstić information content (AvgIpc) is 3.41. The SMILES string of the molecule is CC(C)(N)C(=O)NC(COCC1CCCCC1)C(=O)Nc1cn(C(C(=O)N2CCCCC2)c2ccccc2)cn1. The van der Waals surface area contributed by atoms with E-state index in [1.54, 1.807) is 30.9 Å². The van der Waals surface area contributed by atoms with Crippen molar-refractivity contribution in [3.05, 3.63) is 48.4 Å². The van der Waals surface area contributed by atoms with Crippen LogP contribution in [0.5, 0.6) is 0 Å². The number of imidazole rings is 1.